The van der Waals surface area contributed by atoms with E-state index < -0.39 is 6.85 Å². The maximum absolute atomic E-state index is 9.26. The molecule has 0 spiro atoms. The van der Waals surface area contributed by atoms with E-state index in [4.69, 9.17) is 0 Å². The first-order valence-corrected chi connectivity index (χ1v) is 25.5. The van der Waals surface area contributed by atoms with Crippen LogP contribution in [-0.4, -0.2) is 6.71 Å². The molecule has 0 unspecified atom stereocenters. The molecule has 5 aliphatic rings. The largest absolute Gasteiger partial charge is 0.311 e. The topological polar surface area (TPSA) is 9.72 Å². The summed E-state index contributed by atoms with van der Waals surface area (Å²) in [5, 5.41) is 0. The fourth-order valence-corrected chi connectivity index (χ4v) is 15.2. The summed E-state index contributed by atoms with van der Waals surface area (Å²) in [6.07, 6.45) is 3.15. The van der Waals surface area contributed by atoms with Crippen LogP contribution in [0.1, 0.15) is 151 Å². The van der Waals surface area contributed by atoms with Crippen molar-refractivity contribution in [3.8, 4) is 0 Å². The summed E-state index contributed by atoms with van der Waals surface area (Å²) in [5.74, 6) is 0. The van der Waals surface area contributed by atoms with E-state index in [1.165, 1.54) is 49.9 Å². The molecule has 3 nitrogen and oxygen atoms in total. The molecule has 0 saturated carbocycles. The van der Waals surface area contributed by atoms with Gasteiger partial charge in [-0.25, -0.2) is 0 Å². The smallest absolute Gasteiger partial charge is 0.252 e. The molecule has 0 radical (unpaired) electrons. The molecule has 0 amide bonds. The van der Waals surface area contributed by atoms with E-state index in [0.29, 0.717) is 5.56 Å². The predicted octanol–water partition coefficient (Wildman–Crippen LogP) is 15.7. The molecular formula is C65H70BN3. The van der Waals surface area contributed by atoms with E-state index in [-0.39, 0.29) is 39.2 Å². The quantitative estimate of drug-likeness (QED) is 0.159. The predicted molar refractivity (Wildman–Crippen MR) is 297 cm³/mol. The van der Waals surface area contributed by atoms with Crippen molar-refractivity contribution in [1.82, 2.24) is 0 Å². The fraction of sp³-hybridized carbons (Fsp3) is 0.354. The lowest BCUT2D eigenvalue weighted by atomic mass is 9.33. The van der Waals surface area contributed by atoms with Crippen molar-refractivity contribution in [3.05, 3.63) is 178 Å². The first kappa shape index (κ1) is 40.8. The van der Waals surface area contributed by atoms with Crippen LogP contribution in [0.3, 0.4) is 0 Å². The molecule has 0 bridgehead atoms. The van der Waals surface area contributed by atoms with Gasteiger partial charge in [-0.1, -0.05) is 144 Å². The Hall–Kier alpha value is -6.00. The molecule has 348 valence electrons. The van der Waals surface area contributed by atoms with E-state index in [1.54, 1.807) is 0 Å². The van der Waals surface area contributed by atoms with Gasteiger partial charge < -0.3 is 14.7 Å². The van der Waals surface area contributed by atoms with Crippen LogP contribution in [0, 0.1) is 13.8 Å². The second-order valence-corrected chi connectivity index (χ2v) is 25.5. The maximum atomic E-state index is 9.26. The van der Waals surface area contributed by atoms with Crippen LogP contribution in [0.5, 0.6) is 0 Å². The summed E-state index contributed by atoms with van der Waals surface area (Å²) in [7, 11) is 0. The van der Waals surface area contributed by atoms with Crippen LogP contribution in [0.2, 0.25) is 0 Å². The molecule has 0 aromatic heterocycles. The number of fused-ring (bicyclic) bond motifs is 7. The Morgan fingerprint density at radius 3 is 1.46 bits per heavy atom. The highest BCUT2D eigenvalue weighted by molar-refractivity contribution is 7.00. The molecule has 12 rings (SSSR count). The van der Waals surface area contributed by atoms with Crippen LogP contribution >= 0.6 is 0 Å². The molecule has 3 aliphatic carbocycles. The van der Waals surface area contributed by atoms with Crippen LogP contribution in [0.25, 0.3) is 0 Å². The standard InChI is InChI=1S/C65H70BN3/c1-40-29-57-59-58(30-40)69(54-35-50-47(31-41(54)2)61(5,6)38-64(50,11)12)55-33-45(67(42-21-17-15-18-22-42)43-23-19-16-20-24-43)26-28-52(55)66(59)53-34-49-51(65(13,14)39-63(49,9)10)36-56(53)68(57)44-25-27-46-48(32-44)62(7,8)37-60(46,3)4/h15-36H,37-39H2,1-14H3/i1D3. The average Bonchev–Trinajstić information content (AvgIpc) is 3.70. The SMILES string of the molecule is [2H]C([2H])([2H])c1cc2c3c(c1)N(c1cc4c(cc1C)C(C)(C)CC4(C)C)c1cc(N(c4ccccc4)c4ccccc4)ccc1B3c1cc3c(cc1N2c1ccc2c(c1)C(C)(C)CC2(C)C)C(C)(C)CC3(C)C. The molecule has 0 atom stereocenters. The van der Waals surface area contributed by atoms with Gasteiger partial charge >= 0.3 is 0 Å². The molecular weight excluding hydrogens is 834 g/mol. The Labute approximate surface area is 417 Å². The molecule has 2 heterocycles. The summed E-state index contributed by atoms with van der Waals surface area (Å²) in [5.41, 5.74) is 22.7. The zero-order valence-corrected chi connectivity index (χ0v) is 43.2. The van der Waals surface area contributed by atoms with Gasteiger partial charge in [-0.15, -0.1) is 0 Å². The highest BCUT2D eigenvalue weighted by Crippen LogP contribution is 2.57. The maximum Gasteiger partial charge on any atom is 0.252 e. The fourth-order valence-electron chi connectivity index (χ4n) is 15.2. The van der Waals surface area contributed by atoms with Crippen molar-refractivity contribution in [2.24, 2.45) is 0 Å². The third-order valence-corrected chi connectivity index (χ3v) is 17.3. The molecule has 2 aliphatic heterocycles. The highest BCUT2D eigenvalue weighted by Gasteiger charge is 2.50. The second kappa shape index (κ2) is 14.3. The molecule has 0 saturated heterocycles. The lowest BCUT2D eigenvalue weighted by Gasteiger charge is -2.45. The number of nitrogens with zero attached hydrogens (tertiary/aromatic N) is 3. The van der Waals surface area contributed by atoms with Gasteiger partial charge in [0.05, 0.1) is 0 Å². The van der Waals surface area contributed by atoms with Gasteiger partial charge in [-0.05, 0) is 199 Å². The van der Waals surface area contributed by atoms with E-state index in [9.17, 15) is 4.11 Å². The molecule has 4 heteroatoms. The van der Waals surface area contributed by atoms with Crippen LogP contribution in [0.15, 0.2) is 133 Å². The molecule has 0 fully saturated rings. The number of hydrogen-bond acceptors (Lipinski definition) is 3. The minimum Gasteiger partial charge on any atom is -0.311 e. The Morgan fingerprint density at radius 1 is 0.420 bits per heavy atom. The van der Waals surface area contributed by atoms with E-state index >= 15 is 0 Å². The third kappa shape index (κ3) is 6.45. The second-order valence-electron chi connectivity index (χ2n) is 25.5. The number of anilines is 9. The van der Waals surface area contributed by atoms with E-state index in [0.717, 1.165) is 75.9 Å². The van der Waals surface area contributed by atoms with Gasteiger partial charge in [0, 0.05) is 55.3 Å². The third-order valence-electron chi connectivity index (χ3n) is 17.3. The highest BCUT2D eigenvalue weighted by atomic mass is 15.2. The average molecular weight is 907 g/mol. The minimum absolute atomic E-state index is 0.0128. The zero-order chi connectivity index (χ0) is 51.0. The normalized spacial score (nSPS) is 20.4. The van der Waals surface area contributed by atoms with E-state index in [1.807, 2.05) is 12.1 Å². The summed E-state index contributed by atoms with van der Waals surface area (Å²) >= 11 is 0. The summed E-state index contributed by atoms with van der Waals surface area (Å²) in [6.45, 7) is 28.4. The first-order chi connectivity index (χ1) is 33.7. The zero-order valence-electron chi connectivity index (χ0n) is 46.2. The van der Waals surface area contributed by atoms with Gasteiger partial charge in [0.25, 0.3) is 6.71 Å². The molecule has 0 N–H and O–H groups in total. The number of hydrogen-bond donors (Lipinski definition) is 0. The van der Waals surface area contributed by atoms with Crippen LogP contribution in [0.4, 0.5) is 51.2 Å². The number of para-hydroxylation sites is 2. The number of benzene rings is 7. The minimum atomic E-state index is -2.38. The van der Waals surface area contributed by atoms with Crippen LogP contribution < -0.4 is 31.1 Å². The molecule has 7 aromatic rings. The Morgan fingerprint density at radius 2 is 0.899 bits per heavy atom. The molecule has 7 aromatic carbocycles. The van der Waals surface area contributed by atoms with Gasteiger partial charge in [0.1, 0.15) is 0 Å². The van der Waals surface area contributed by atoms with E-state index in [2.05, 4.69) is 226 Å². The summed E-state index contributed by atoms with van der Waals surface area (Å²) in [6, 6.07) is 49.6. The van der Waals surface area contributed by atoms with Gasteiger partial charge in [-0.3, -0.25) is 0 Å². The summed E-state index contributed by atoms with van der Waals surface area (Å²) < 4.78 is 27.8. The van der Waals surface area contributed by atoms with Gasteiger partial charge in [0.2, 0.25) is 0 Å². The van der Waals surface area contributed by atoms with Crippen LogP contribution in [-0.2, 0) is 32.5 Å². The molecule has 69 heavy (non-hydrogen) atoms. The monoisotopic (exact) mass is 907 g/mol. The first-order valence-electron chi connectivity index (χ1n) is 27.0. The van der Waals surface area contributed by atoms with Crippen molar-refractivity contribution in [3.63, 3.8) is 0 Å². The van der Waals surface area contributed by atoms with Gasteiger partial charge in [-0.2, -0.15) is 0 Å². The number of rotatable bonds is 5. The Kier molecular flexibility index (Phi) is 8.47. The van der Waals surface area contributed by atoms with Crippen molar-refractivity contribution in [2.45, 2.75) is 149 Å². The van der Waals surface area contributed by atoms with Crippen molar-refractivity contribution in [1.29, 1.82) is 0 Å². The lowest BCUT2D eigenvalue weighted by Crippen LogP contribution is -2.61. The van der Waals surface area contributed by atoms with Crippen molar-refractivity contribution in [2.75, 3.05) is 14.7 Å². The van der Waals surface area contributed by atoms with Gasteiger partial charge in [0.15, 0.2) is 0 Å². The summed E-state index contributed by atoms with van der Waals surface area (Å²) in [4.78, 5) is 7.28. The Bertz CT molecular complexity index is 3380. The Balaban J connectivity index is 1.22. The van der Waals surface area contributed by atoms with Crippen molar-refractivity contribution < 1.29 is 4.11 Å². The van der Waals surface area contributed by atoms with Crippen molar-refractivity contribution >= 4 is 74.3 Å². The number of aryl methyl sites for hydroxylation is 2. The lowest BCUT2D eigenvalue weighted by molar-refractivity contribution is 0.402.